The summed E-state index contributed by atoms with van der Waals surface area (Å²) in [5.74, 6) is 0.585. The first-order valence-electron chi connectivity index (χ1n) is 5.43. The van der Waals surface area contributed by atoms with Crippen LogP contribution in [0.1, 0.15) is 4.88 Å². The summed E-state index contributed by atoms with van der Waals surface area (Å²) in [7, 11) is 0. The van der Waals surface area contributed by atoms with Crippen LogP contribution in [0.4, 0.5) is 10.2 Å². The van der Waals surface area contributed by atoms with Crippen LogP contribution in [0.25, 0.3) is 21.6 Å². The van der Waals surface area contributed by atoms with Crippen molar-refractivity contribution in [1.82, 2.24) is 9.97 Å². The number of nitrogens with zero attached hydrogens (tertiary/aromatic N) is 2. The Bertz CT molecular complexity index is 736. The van der Waals surface area contributed by atoms with Gasteiger partial charge in [0.25, 0.3) is 0 Å². The molecule has 0 fully saturated rings. The predicted octanol–water partition coefficient (Wildman–Crippen LogP) is 3.39. The predicted molar refractivity (Wildman–Crippen MR) is 72.0 cm³/mol. The zero-order valence-corrected chi connectivity index (χ0v) is 10.5. The SMILES string of the molecule is Cc1cc2c(N)nc(-c3cccc(F)c3)nc2s1. The molecule has 0 saturated carbocycles. The molecule has 2 heterocycles. The summed E-state index contributed by atoms with van der Waals surface area (Å²) >= 11 is 1.55. The molecule has 90 valence electrons. The summed E-state index contributed by atoms with van der Waals surface area (Å²) in [5.41, 5.74) is 6.54. The van der Waals surface area contributed by atoms with E-state index in [0.29, 0.717) is 17.2 Å². The van der Waals surface area contributed by atoms with Crippen molar-refractivity contribution in [2.75, 3.05) is 5.73 Å². The molecule has 3 nitrogen and oxygen atoms in total. The molecule has 0 amide bonds. The van der Waals surface area contributed by atoms with Gasteiger partial charge in [0, 0.05) is 10.4 Å². The molecule has 0 saturated heterocycles. The molecule has 0 spiro atoms. The molecule has 0 radical (unpaired) electrons. The average molecular weight is 259 g/mol. The summed E-state index contributed by atoms with van der Waals surface area (Å²) in [6.07, 6.45) is 0. The number of halogens is 1. The number of aryl methyl sites for hydroxylation is 1. The smallest absolute Gasteiger partial charge is 0.163 e. The van der Waals surface area contributed by atoms with Crippen molar-refractivity contribution < 1.29 is 4.39 Å². The maximum Gasteiger partial charge on any atom is 0.163 e. The molecule has 3 aromatic rings. The second kappa shape index (κ2) is 4.03. The van der Waals surface area contributed by atoms with Crippen LogP contribution in [0, 0.1) is 12.7 Å². The summed E-state index contributed by atoms with van der Waals surface area (Å²) in [5, 5.41) is 0.859. The van der Waals surface area contributed by atoms with E-state index in [4.69, 9.17) is 5.73 Å². The van der Waals surface area contributed by atoms with Crippen LogP contribution in [0.15, 0.2) is 30.3 Å². The molecular weight excluding hydrogens is 249 g/mol. The fourth-order valence-corrected chi connectivity index (χ4v) is 2.71. The van der Waals surface area contributed by atoms with Gasteiger partial charge in [0.05, 0.1) is 5.39 Å². The zero-order valence-electron chi connectivity index (χ0n) is 9.64. The highest BCUT2D eigenvalue weighted by atomic mass is 32.1. The third-order valence-electron chi connectivity index (χ3n) is 2.63. The van der Waals surface area contributed by atoms with Crippen molar-refractivity contribution in [2.45, 2.75) is 6.92 Å². The van der Waals surface area contributed by atoms with Gasteiger partial charge in [0.2, 0.25) is 0 Å². The Kier molecular flexibility index (Phi) is 2.48. The first kappa shape index (κ1) is 11.1. The van der Waals surface area contributed by atoms with E-state index in [1.54, 1.807) is 23.5 Å². The normalized spacial score (nSPS) is 11.0. The summed E-state index contributed by atoms with van der Waals surface area (Å²) in [4.78, 5) is 10.6. The first-order chi connectivity index (χ1) is 8.63. The first-order valence-corrected chi connectivity index (χ1v) is 6.25. The molecule has 2 N–H and O–H groups in total. The molecule has 0 unspecified atom stereocenters. The number of thiophene rings is 1. The Labute approximate surface area is 107 Å². The summed E-state index contributed by atoms with van der Waals surface area (Å²) in [6, 6.07) is 8.16. The molecule has 0 aliphatic heterocycles. The number of nitrogens with two attached hydrogens (primary N) is 1. The lowest BCUT2D eigenvalue weighted by molar-refractivity contribution is 0.628. The van der Waals surface area contributed by atoms with Gasteiger partial charge >= 0.3 is 0 Å². The Morgan fingerprint density at radius 1 is 1.22 bits per heavy atom. The molecule has 5 heteroatoms. The van der Waals surface area contributed by atoms with Crippen LogP contribution >= 0.6 is 11.3 Å². The molecule has 0 aliphatic rings. The number of fused-ring (bicyclic) bond motifs is 1. The highest BCUT2D eigenvalue weighted by Gasteiger charge is 2.10. The van der Waals surface area contributed by atoms with E-state index >= 15 is 0 Å². The van der Waals surface area contributed by atoms with Gasteiger partial charge in [-0.25, -0.2) is 14.4 Å². The van der Waals surface area contributed by atoms with Gasteiger partial charge in [-0.1, -0.05) is 12.1 Å². The van der Waals surface area contributed by atoms with Gasteiger partial charge in [0.1, 0.15) is 16.5 Å². The minimum atomic E-state index is -0.308. The van der Waals surface area contributed by atoms with Crippen LogP contribution in [0.5, 0.6) is 0 Å². The minimum Gasteiger partial charge on any atom is -0.383 e. The zero-order chi connectivity index (χ0) is 12.7. The van der Waals surface area contributed by atoms with E-state index in [2.05, 4.69) is 9.97 Å². The Hall–Kier alpha value is -2.01. The molecule has 0 aliphatic carbocycles. The molecule has 1 aromatic carbocycles. The van der Waals surface area contributed by atoms with E-state index in [-0.39, 0.29) is 5.82 Å². The fourth-order valence-electron chi connectivity index (χ4n) is 1.82. The van der Waals surface area contributed by atoms with Crippen LogP contribution in [-0.4, -0.2) is 9.97 Å². The largest absolute Gasteiger partial charge is 0.383 e. The van der Waals surface area contributed by atoms with Crippen molar-refractivity contribution in [1.29, 1.82) is 0 Å². The van der Waals surface area contributed by atoms with Crippen molar-refractivity contribution in [2.24, 2.45) is 0 Å². The topological polar surface area (TPSA) is 51.8 Å². The monoisotopic (exact) mass is 259 g/mol. The van der Waals surface area contributed by atoms with E-state index in [9.17, 15) is 4.39 Å². The van der Waals surface area contributed by atoms with Crippen LogP contribution in [-0.2, 0) is 0 Å². The maximum atomic E-state index is 13.2. The highest BCUT2D eigenvalue weighted by Crippen LogP contribution is 2.29. The molecule has 3 rings (SSSR count). The van der Waals surface area contributed by atoms with E-state index < -0.39 is 0 Å². The number of benzene rings is 1. The number of nitrogen functional groups attached to an aromatic ring is 1. The Morgan fingerprint density at radius 3 is 2.83 bits per heavy atom. The molecule has 18 heavy (non-hydrogen) atoms. The fraction of sp³-hybridized carbons (Fsp3) is 0.0769. The number of rotatable bonds is 1. The standard InChI is InChI=1S/C13H10FN3S/c1-7-5-10-11(15)16-12(17-13(10)18-7)8-3-2-4-9(14)6-8/h2-6H,1H3,(H2,15,16,17). The minimum absolute atomic E-state index is 0.308. The van der Waals surface area contributed by atoms with Gasteiger partial charge in [-0.2, -0.15) is 0 Å². The van der Waals surface area contributed by atoms with Gasteiger partial charge in [0.15, 0.2) is 5.82 Å². The molecule has 0 atom stereocenters. The van der Waals surface area contributed by atoms with Gasteiger partial charge in [-0.15, -0.1) is 11.3 Å². The highest BCUT2D eigenvalue weighted by molar-refractivity contribution is 7.18. The van der Waals surface area contributed by atoms with E-state index in [1.165, 1.54) is 12.1 Å². The Morgan fingerprint density at radius 2 is 2.06 bits per heavy atom. The van der Waals surface area contributed by atoms with Crippen molar-refractivity contribution in [3.8, 4) is 11.4 Å². The second-order valence-electron chi connectivity index (χ2n) is 4.02. The lowest BCUT2D eigenvalue weighted by Gasteiger charge is -2.02. The second-order valence-corrected chi connectivity index (χ2v) is 5.25. The lowest BCUT2D eigenvalue weighted by atomic mass is 10.2. The number of hydrogen-bond acceptors (Lipinski definition) is 4. The summed E-state index contributed by atoms with van der Waals surface area (Å²) in [6.45, 7) is 1.99. The van der Waals surface area contributed by atoms with E-state index in [0.717, 1.165) is 15.1 Å². The van der Waals surface area contributed by atoms with Crippen molar-refractivity contribution in [3.63, 3.8) is 0 Å². The van der Waals surface area contributed by atoms with Crippen molar-refractivity contribution in [3.05, 3.63) is 41.0 Å². The third-order valence-corrected chi connectivity index (χ3v) is 3.57. The lowest BCUT2D eigenvalue weighted by Crippen LogP contribution is -1.96. The molecule has 0 bridgehead atoms. The quantitative estimate of drug-likeness (QED) is 0.728. The number of aromatic nitrogens is 2. The van der Waals surface area contributed by atoms with Crippen molar-refractivity contribution >= 4 is 27.4 Å². The van der Waals surface area contributed by atoms with Crippen LogP contribution in [0.3, 0.4) is 0 Å². The maximum absolute atomic E-state index is 13.2. The van der Waals surface area contributed by atoms with Gasteiger partial charge in [-0.3, -0.25) is 0 Å². The average Bonchev–Trinajstić information content (AvgIpc) is 2.70. The van der Waals surface area contributed by atoms with Crippen LogP contribution in [0.2, 0.25) is 0 Å². The van der Waals surface area contributed by atoms with Crippen LogP contribution < -0.4 is 5.73 Å². The third kappa shape index (κ3) is 1.82. The number of anilines is 1. The summed E-state index contributed by atoms with van der Waals surface area (Å²) < 4.78 is 13.2. The van der Waals surface area contributed by atoms with Gasteiger partial charge in [-0.05, 0) is 25.1 Å². The van der Waals surface area contributed by atoms with E-state index in [1.807, 2.05) is 13.0 Å². The molecule has 2 aromatic heterocycles. The van der Waals surface area contributed by atoms with Gasteiger partial charge < -0.3 is 5.73 Å². The number of hydrogen-bond donors (Lipinski definition) is 1. The Balaban J connectivity index is 2.24. The molecular formula is C13H10FN3S.